The number of carbonyl (C=O) groups excluding carboxylic acids is 4. The fourth-order valence-corrected chi connectivity index (χ4v) is 7.04. The molecular formula is C38H37FN6O4. The molecule has 3 aliphatic heterocycles. The van der Waals surface area contributed by atoms with E-state index in [0.29, 0.717) is 43.2 Å². The van der Waals surface area contributed by atoms with Gasteiger partial charge in [-0.15, -0.1) is 0 Å². The average molecular weight is 661 g/mol. The molecular weight excluding hydrogens is 623 g/mol. The predicted octanol–water partition coefficient (Wildman–Crippen LogP) is 5.25. The van der Waals surface area contributed by atoms with Gasteiger partial charge in [0.2, 0.25) is 11.8 Å². The number of halogens is 1. The number of aromatic amines is 1. The number of hydrogen-bond donors (Lipinski definition) is 3. The third-order valence-electron chi connectivity index (χ3n) is 9.70. The van der Waals surface area contributed by atoms with Gasteiger partial charge in [0.15, 0.2) is 0 Å². The molecule has 0 spiro atoms. The summed E-state index contributed by atoms with van der Waals surface area (Å²) in [4.78, 5) is 61.3. The van der Waals surface area contributed by atoms with Crippen LogP contribution in [0.4, 0.5) is 10.2 Å². The molecule has 11 heteroatoms. The molecule has 2 aromatic carbocycles. The van der Waals surface area contributed by atoms with E-state index in [9.17, 15) is 23.6 Å². The number of likely N-dealkylation sites (tertiary alicyclic amines) is 1. The lowest BCUT2D eigenvalue weighted by Crippen LogP contribution is -2.52. The Morgan fingerprint density at radius 3 is 2.73 bits per heavy atom. The quantitative estimate of drug-likeness (QED) is 0.135. The van der Waals surface area contributed by atoms with Crippen molar-refractivity contribution in [2.75, 3.05) is 18.9 Å². The number of fused-ring (bicyclic) bond motifs is 2. The number of nitrogens with one attached hydrogen (secondary N) is 3. The van der Waals surface area contributed by atoms with Gasteiger partial charge in [-0.3, -0.25) is 29.4 Å². The van der Waals surface area contributed by atoms with Crippen LogP contribution in [0.3, 0.4) is 0 Å². The zero-order valence-corrected chi connectivity index (χ0v) is 27.3. The molecule has 2 fully saturated rings. The first kappa shape index (κ1) is 32.2. The molecule has 0 saturated carbocycles. The predicted molar refractivity (Wildman–Crippen MR) is 182 cm³/mol. The van der Waals surface area contributed by atoms with Crippen LogP contribution in [0.2, 0.25) is 0 Å². The first-order chi connectivity index (χ1) is 23.7. The number of benzene rings is 2. The van der Waals surface area contributed by atoms with Gasteiger partial charge < -0.3 is 15.2 Å². The number of pyridine rings is 1. The molecule has 5 heterocycles. The van der Waals surface area contributed by atoms with Crippen molar-refractivity contribution in [3.63, 3.8) is 0 Å². The summed E-state index contributed by atoms with van der Waals surface area (Å²) in [5.74, 6) is 4.62. The topological polar surface area (TPSA) is 128 Å². The maximum atomic E-state index is 15.0. The summed E-state index contributed by atoms with van der Waals surface area (Å²) in [6.07, 6.45) is 7.45. The number of H-pyrrole nitrogens is 1. The van der Waals surface area contributed by atoms with Crippen molar-refractivity contribution in [2.24, 2.45) is 0 Å². The van der Waals surface area contributed by atoms with E-state index in [1.54, 1.807) is 30.5 Å². The lowest BCUT2D eigenvalue weighted by atomic mass is 10.0. The minimum atomic E-state index is -0.644. The highest BCUT2D eigenvalue weighted by atomic mass is 19.1. The first-order valence-electron chi connectivity index (χ1n) is 16.8. The molecule has 4 amide bonds. The number of anilines is 1. The standard InChI is InChI=1S/C38H37FN6O4/c1-44-16-6-9-32(44)31-19-25-21-40-34(20-30(25)41-31)42-36(47)28-13-11-24(18-29(28)39)8-5-3-2-4-7-23-10-12-27-26(17-23)22-45(38(27)49)33-14-15-35(46)43-37(33)48/h10-13,17-21,32-33,41H,2-3,5-6,8-9,14-16,22H2,1H3,(H,40,42,47)(H,43,46,48)/t32-,33?/m1/s1. The zero-order valence-electron chi connectivity index (χ0n) is 27.3. The van der Waals surface area contributed by atoms with E-state index in [1.807, 2.05) is 6.07 Å². The van der Waals surface area contributed by atoms with Crippen molar-refractivity contribution < 1.29 is 23.6 Å². The summed E-state index contributed by atoms with van der Waals surface area (Å²) in [5.41, 5.74) is 4.95. The van der Waals surface area contributed by atoms with Crippen LogP contribution in [0.25, 0.3) is 10.9 Å². The van der Waals surface area contributed by atoms with E-state index in [-0.39, 0.29) is 23.8 Å². The van der Waals surface area contributed by atoms with E-state index < -0.39 is 23.7 Å². The fraction of sp³-hybridized carbons (Fsp3) is 0.342. The summed E-state index contributed by atoms with van der Waals surface area (Å²) in [7, 11) is 2.12. The molecule has 0 bridgehead atoms. The van der Waals surface area contributed by atoms with E-state index >= 15 is 0 Å². The van der Waals surface area contributed by atoms with Gasteiger partial charge in [0.25, 0.3) is 11.8 Å². The molecule has 49 heavy (non-hydrogen) atoms. The maximum absolute atomic E-state index is 15.0. The van der Waals surface area contributed by atoms with Crippen molar-refractivity contribution in [3.8, 4) is 11.8 Å². The van der Waals surface area contributed by atoms with Gasteiger partial charge in [0.1, 0.15) is 17.7 Å². The Morgan fingerprint density at radius 2 is 1.94 bits per heavy atom. The highest BCUT2D eigenvalue weighted by Crippen LogP contribution is 2.32. The summed E-state index contributed by atoms with van der Waals surface area (Å²) < 4.78 is 15.0. The Morgan fingerprint density at radius 1 is 1.06 bits per heavy atom. The molecule has 7 rings (SSSR count). The maximum Gasteiger partial charge on any atom is 0.259 e. The third kappa shape index (κ3) is 6.82. The number of piperidine rings is 1. The number of aromatic nitrogens is 2. The third-order valence-corrected chi connectivity index (χ3v) is 9.70. The minimum absolute atomic E-state index is 0.0347. The smallest absolute Gasteiger partial charge is 0.259 e. The van der Waals surface area contributed by atoms with Gasteiger partial charge in [-0.1, -0.05) is 17.9 Å². The van der Waals surface area contributed by atoms with E-state index in [1.165, 1.54) is 17.0 Å². The largest absolute Gasteiger partial charge is 0.357 e. The lowest BCUT2D eigenvalue weighted by Gasteiger charge is -2.29. The van der Waals surface area contributed by atoms with Crippen molar-refractivity contribution in [1.82, 2.24) is 25.1 Å². The Kier molecular flexibility index (Phi) is 8.97. The number of nitrogens with zero attached hydrogens (tertiary/aromatic N) is 3. The Bertz CT molecular complexity index is 2040. The molecule has 1 unspecified atom stereocenters. The summed E-state index contributed by atoms with van der Waals surface area (Å²) >= 11 is 0. The van der Waals surface area contributed by atoms with Crippen LogP contribution in [0.5, 0.6) is 0 Å². The van der Waals surface area contributed by atoms with Crippen LogP contribution in [-0.2, 0) is 22.6 Å². The van der Waals surface area contributed by atoms with Gasteiger partial charge in [-0.2, -0.15) is 0 Å². The van der Waals surface area contributed by atoms with Gasteiger partial charge in [0.05, 0.1) is 11.1 Å². The fourth-order valence-electron chi connectivity index (χ4n) is 7.04. The van der Waals surface area contributed by atoms with Crippen molar-refractivity contribution in [3.05, 3.63) is 94.1 Å². The van der Waals surface area contributed by atoms with Crippen LogP contribution in [-0.4, -0.2) is 63.0 Å². The molecule has 2 aromatic heterocycles. The monoisotopic (exact) mass is 660 g/mol. The van der Waals surface area contributed by atoms with Crippen molar-refractivity contribution in [2.45, 2.75) is 70.0 Å². The highest BCUT2D eigenvalue weighted by Gasteiger charge is 2.39. The van der Waals surface area contributed by atoms with Gasteiger partial charge in [0, 0.05) is 59.9 Å². The second kappa shape index (κ2) is 13.6. The van der Waals surface area contributed by atoms with E-state index in [2.05, 4.69) is 50.5 Å². The normalized spacial score (nSPS) is 19.1. The summed E-state index contributed by atoms with van der Waals surface area (Å²) in [6, 6.07) is 13.7. The van der Waals surface area contributed by atoms with Crippen LogP contribution in [0, 0.1) is 17.7 Å². The molecule has 2 atom stereocenters. The second-order valence-electron chi connectivity index (χ2n) is 13.1. The first-order valence-corrected chi connectivity index (χ1v) is 16.8. The Labute approximate surface area is 283 Å². The molecule has 3 aliphatic rings. The number of amides is 4. The van der Waals surface area contributed by atoms with Crippen LogP contribution >= 0.6 is 0 Å². The number of imide groups is 1. The van der Waals surface area contributed by atoms with Crippen molar-refractivity contribution in [1.29, 1.82) is 0 Å². The number of aryl methyl sites for hydroxylation is 1. The molecule has 0 radical (unpaired) electrons. The molecule has 3 N–H and O–H groups in total. The van der Waals surface area contributed by atoms with Crippen LogP contribution in [0.15, 0.2) is 54.7 Å². The summed E-state index contributed by atoms with van der Waals surface area (Å²) in [5, 5.41) is 6.02. The zero-order chi connectivity index (χ0) is 34.1. The second-order valence-corrected chi connectivity index (χ2v) is 13.1. The van der Waals surface area contributed by atoms with Crippen molar-refractivity contribution >= 4 is 40.3 Å². The SMILES string of the molecule is CN1CCC[C@@H]1c1cc2cnc(NC(=O)c3ccc(CCCCC#Cc4ccc5c(c4)CN(C4CCC(=O)NC4=O)C5=O)cc3F)cc2[nH]1. The van der Waals surface area contributed by atoms with Gasteiger partial charge in [-0.05, 0) is 99.6 Å². The van der Waals surface area contributed by atoms with Crippen LogP contribution < -0.4 is 10.6 Å². The Balaban J connectivity index is 0.886. The Hall–Kier alpha value is -5.34. The molecule has 250 valence electrons. The van der Waals surface area contributed by atoms with E-state index in [0.717, 1.165) is 65.5 Å². The summed E-state index contributed by atoms with van der Waals surface area (Å²) in [6.45, 7) is 1.38. The molecule has 4 aromatic rings. The number of unbranched alkanes of at least 4 members (excludes halogenated alkanes) is 2. The molecule has 2 saturated heterocycles. The van der Waals surface area contributed by atoms with Crippen LogP contribution in [0.1, 0.15) is 94.1 Å². The number of carbonyl (C=O) groups is 4. The van der Waals surface area contributed by atoms with Gasteiger partial charge >= 0.3 is 0 Å². The average Bonchev–Trinajstić information content (AvgIpc) is 3.79. The highest BCUT2D eigenvalue weighted by molar-refractivity contribution is 6.06. The molecule has 10 nitrogen and oxygen atoms in total. The van der Waals surface area contributed by atoms with Gasteiger partial charge in [-0.25, -0.2) is 9.37 Å². The number of hydrogen-bond acceptors (Lipinski definition) is 6. The number of rotatable bonds is 8. The minimum Gasteiger partial charge on any atom is -0.357 e. The lowest BCUT2D eigenvalue weighted by molar-refractivity contribution is -0.136. The van der Waals surface area contributed by atoms with E-state index in [4.69, 9.17) is 0 Å². The molecule has 0 aliphatic carbocycles.